The van der Waals surface area contributed by atoms with E-state index in [9.17, 15) is 26.7 Å². The molecule has 2 N–H and O–H groups in total. The molecule has 2 aromatic carbocycles. The molecule has 1 aliphatic heterocycles. The van der Waals surface area contributed by atoms with E-state index >= 15 is 0 Å². The van der Waals surface area contributed by atoms with Crippen molar-refractivity contribution in [2.75, 3.05) is 23.4 Å². The molecule has 152 valence electrons. The minimum absolute atomic E-state index is 0.00115. The monoisotopic (exact) mass is 411 g/mol. The van der Waals surface area contributed by atoms with E-state index in [1.165, 1.54) is 35.2 Å². The second-order valence-corrected chi connectivity index (χ2v) is 6.07. The summed E-state index contributed by atoms with van der Waals surface area (Å²) in [6.07, 6.45) is -3.82. The number of alkyl halides is 3. The number of amides is 1. The largest absolute Gasteiger partial charge is 0.482 e. The van der Waals surface area contributed by atoms with Gasteiger partial charge in [-0.25, -0.2) is 8.78 Å². The van der Waals surface area contributed by atoms with Crippen molar-refractivity contribution in [2.24, 2.45) is 0 Å². The summed E-state index contributed by atoms with van der Waals surface area (Å²) in [6, 6.07) is 8.07. The Morgan fingerprint density at radius 1 is 1.10 bits per heavy atom. The number of benzene rings is 2. The van der Waals surface area contributed by atoms with Gasteiger partial charge in [0.2, 0.25) is 0 Å². The Kier molecular flexibility index (Phi) is 5.53. The first-order valence-electron chi connectivity index (χ1n) is 8.25. The van der Waals surface area contributed by atoms with Crippen LogP contribution in [-0.4, -0.2) is 31.4 Å². The fourth-order valence-corrected chi connectivity index (χ4v) is 2.72. The third kappa shape index (κ3) is 4.71. The van der Waals surface area contributed by atoms with Gasteiger partial charge in [0, 0.05) is 23.7 Å². The van der Waals surface area contributed by atoms with Crippen LogP contribution in [0.25, 0.3) is 0 Å². The zero-order valence-electron chi connectivity index (χ0n) is 14.7. The van der Waals surface area contributed by atoms with E-state index in [-0.39, 0.29) is 23.5 Å². The Labute approximate surface area is 161 Å². The number of nitrogens with zero attached hydrogens (tertiary/aromatic N) is 1. The zero-order valence-corrected chi connectivity index (χ0v) is 14.7. The molecule has 0 fully saturated rings. The van der Waals surface area contributed by atoms with E-state index in [0.717, 1.165) is 18.3 Å². The normalized spacial score (nSPS) is 14.4. The first kappa shape index (κ1) is 20.3. The third-order valence-corrected chi connectivity index (χ3v) is 4.02. The van der Waals surface area contributed by atoms with Gasteiger partial charge in [-0.1, -0.05) is 0 Å². The van der Waals surface area contributed by atoms with Gasteiger partial charge in [0.15, 0.2) is 6.61 Å². The summed E-state index contributed by atoms with van der Waals surface area (Å²) in [5.74, 6) is -2.23. The van der Waals surface area contributed by atoms with E-state index < -0.39 is 36.1 Å². The van der Waals surface area contributed by atoms with Gasteiger partial charge in [-0.05, 0) is 36.4 Å². The molecule has 0 saturated carbocycles. The maximum absolute atomic E-state index is 13.5. The van der Waals surface area contributed by atoms with Crippen LogP contribution in [0.3, 0.4) is 0 Å². The van der Waals surface area contributed by atoms with Gasteiger partial charge in [0.1, 0.15) is 17.4 Å². The van der Waals surface area contributed by atoms with Crippen molar-refractivity contribution in [2.45, 2.75) is 6.18 Å². The van der Waals surface area contributed by atoms with Crippen LogP contribution in [-0.2, 0) is 4.79 Å². The van der Waals surface area contributed by atoms with Crippen LogP contribution in [0.15, 0.2) is 53.7 Å². The molecule has 3 rings (SSSR count). The fraction of sp³-hybridized carbons (Fsp3) is 0.158. The van der Waals surface area contributed by atoms with Crippen LogP contribution in [0.2, 0.25) is 0 Å². The smallest absolute Gasteiger partial charge is 0.422 e. The molecule has 1 heterocycles. The third-order valence-electron chi connectivity index (χ3n) is 4.02. The molecule has 0 radical (unpaired) electrons. The predicted molar refractivity (Wildman–Crippen MR) is 96.1 cm³/mol. The minimum atomic E-state index is -4.62. The average molecular weight is 411 g/mol. The molecule has 0 spiro atoms. The quantitative estimate of drug-likeness (QED) is 0.551. The predicted octanol–water partition coefficient (Wildman–Crippen LogP) is 4.27. The van der Waals surface area contributed by atoms with Gasteiger partial charge in [0.05, 0.1) is 17.8 Å². The molecule has 0 aromatic heterocycles. The highest BCUT2D eigenvalue weighted by atomic mass is 19.4. The highest BCUT2D eigenvalue weighted by Gasteiger charge is 2.32. The second-order valence-electron chi connectivity index (χ2n) is 6.07. The van der Waals surface area contributed by atoms with Gasteiger partial charge in [-0.2, -0.15) is 13.2 Å². The number of halogens is 5. The Hall–Kier alpha value is -3.43. The van der Waals surface area contributed by atoms with Crippen molar-refractivity contribution in [3.05, 3.63) is 65.4 Å². The van der Waals surface area contributed by atoms with Gasteiger partial charge in [-0.15, -0.1) is 0 Å². The highest BCUT2D eigenvalue weighted by molar-refractivity contribution is 6.21. The van der Waals surface area contributed by atoms with E-state index in [2.05, 4.69) is 10.1 Å². The Bertz CT molecular complexity index is 971. The lowest BCUT2D eigenvalue weighted by molar-refractivity contribution is -0.153. The number of hydrogen-bond donors (Lipinski definition) is 2. The lowest BCUT2D eigenvalue weighted by atomic mass is 10.2. The molecule has 10 heteroatoms. The number of anilines is 2. The summed E-state index contributed by atoms with van der Waals surface area (Å²) in [5.41, 5.74) is 0.539. The van der Waals surface area contributed by atoms with Crippen LogP contribution in [0.4, 0.5) is 33.3 Å². The lowest BCUT2D eigenvalue weighted by Crippen LogP contribution is -2.27. The maximum Gasteiger partial charge on any atom is 0.422 e. The molecule has 0 atom stereocenters. The Balaban J connectivity index is 1.87. The summed E-state index contributed by atoms with van der Waals surface area (Å²) in [5, 5.41) is 10.2. The van der Waals surface area contributed by atoms with Crippen molar-refractivity contribution < 1.29 is 31.5 Å². The standard InChI is InChI=1S/C19H14F5N3O2/c20-11-1-4-13(5-2-11)27-9-16(14(8-25)18(27)28)26-15-6-3-12(21)7-17(15)29-10-19(22,23)24/h1-8,25-26H,9-10H2. The Morgan fingerprint density at radius 3 is 2.38 bits per heavy atom. The maximum atomic E-state index is 13.5. The summed E-state index contributed by atoms with van der Waals surface area (Å²) in [7, 11) is 0. The molecule has 0 saturated heterocycles. The van der Waals surface area contributed by atoms with Gasteiger partial charge in [0.25, 0.3) is 5.91 Å². The molecular weight excluding hydrogens is 397 g/mol. The first-order chi connectivity index (χ1) is 13.7. The summed E-state index contributed by atoms with van der Waals surface area (Å²) >= 11 is 0. The van der Waals surface area contributed by atoms with Gasteiger partial charge < -0.3 is 20.4 Å². The minimum Gasteiger partial charge on any atom is -0.482 e. The van der Waals surface area contributed by atoms with Crippen molar-refractivity contribution in [1.82, 2.24) is 0 Å². The number of ether oxygens (including phenoxy) is 1. The fourth-order valence-electron chi connectivity index (χ4n) is 2.72. The van der Waals surface area contributed by atoms with Gasteiger partial charge >= 0.3 is 6.18 Å². The van der Waals surface area contributed by atoms with E-state index in [1.807, 2.05) is 0 Å². The van der Waals surface area contributed by atoms with Crippen LogP contribution in [0.1, 0.15) is 0 Å². The number of carbonyl (C=O) groups is 1. The van der Waals surface area contributed by atoms with Crippen LogP contribution < -0.4 is 15.0 Å². The lowest BCUT2D eigenvalue weighted by Gasteiger charge is -2.18. The SMILES string of the molecule is N=CC1=C(Nc2ccc(F)cc2OCC(F)(F)F)CN(c2ccc(F)cc2)C1=O. The number of carbonyl (C=O) groups excluding carboxylic acids is 1. The molecule has 0 bridgehead atoms. The topological polar surface area (TPSA) is 65.4 Å². The average Bonchev–Trinajstić information content (AvgIpc) is 2.97. The molecule has 2 aromatic rings. The summed E-state index contributed by atoms with van der Waals surface area (Å²) < 4.78 is 68.6. The van der Waals surface area contributed by atoms with Gasteiger partial charge in [-0.3, -0.25) is 4.79 Å². The van der Waals surface area contributed by atoms with E-state index in [4.69, 9.17) is 5.41 Å². The van der Waals surface area contributed by atoms with Crippen LogP contribution in [0, 0.1) is 17.0 Å². The van der Waals surface area contributed by atoms with E-state index in [0.29, 0.717) is 5.69 Å². The van der Waals surface area contributed by atoms with Crippen LogP contribution in [0.5, 0.6) is 5.75 Å². The number of rotatable bonds is 6. The summed E-state index contributed by atoms with van der Waals surface area (Å²) in [6.45, 7) is -1.67. The molecule has 0 unspecified atom stereocenters. The molecular formula is C19H14F5N3O2. The van der Waals surface area contributed by atoms with Crippen LogP contribution >= 0.6 is 0 Å². The van der Waals surface area contributed by atoms with Crippen molar-refractivity contribution in [3.63, 3.8) is 0 Å². The van der Waals surface area contributed by atoms with Crippen molar-refractivity contribution in [3.8, 4) is 5.75 Å². The summed E-state index contributed by atoms with van der Waals surface area (Å²) in [4.78, 5) is 13.8. The molecule has 1 aliphatic rings. The molecule has 29 heavy (non-hydrogen) atoms. The number of nitrogens with one attached hydrogen (secondary N) is 2. The van der Waals surface area contributed by atoms with Crippen molar-refractivity contribution in [1.29, 1.82) is 5.41 Å². The van der Waals surface area contributed by atoms with E-state index in [1.54, 1.807) is 0 Å². The number of hydrogen-bond acceptors (Lipinski definition) is 4. The molecule has 0 aliphatic carbocycles. The zero-order chi connectivity index (χ0) is 21.2. The Morgan fingerprint density at radius 2 is 1.76 bits per heavy atom. The molecule has 5 nitrogen and oxygen atoms in total. The second kappa shape index (κ2) is 7.90. The molecule has 1 amide bonds. The first-order valence-corrected chi connectivity index (χ1v) is 8.25. The van der Waals surface area contributed by atoms with Crippen molar-refractivity contribution >= 4 is 23.5 Å². The highest BCUT2D eigenvalue weighted by Crippen LogP contribution is 2.32.